The van der Waals surface area contributed by atoms with E-state index < -0.39 is 5.95 Å². The van der Waals surface area contributed by atoms with Gasteiger partial charge in [-0.25, -0.2) is 4.98 Å². The van der Waals surface area contributed by atoms with Crippen LogP contribution in [0.1, 0.15) is 17.7 Å². The summed E-state index contributed by atoms with van der Waals surface area (Å²) in [5.74, 6) is -0.393. The molecule has 0 fully saturated rings. The fraction of sp³-hybridized carbons (Fsp3) is 0.222. The van der Waals surface area contributed by atoms with E-state index in [4.69, 9.17) is 0 Å². The summed E-state index contributed by atoms with van der Waals surface area (Å²) in [4.78, 5) is 3.76. The molecule has 1 aromatic rings. The van der Waals surface area contributed by atoms with Gasteiger partial charge in [-0.3, -0.25) is 0 Å². The van der Waals surface area contributed by atoms with Crippen molar-refractivity contribution in [3.05, 3.63) is 35.4 Å². The number of aryl methyl sites for hydroxylation is 1. The molecule has 0 aromatic carbocycles. The van der Waals surface area contributed by atoms with Crippen LogP contribution in [0.15, 0.2) is 18.2 Å². The first-order valence-corrected chi connectivity index (χ1v) is 3.68. The van der Waals surface area contributed by atoms with Crippen LogP contribution in [0.3, 0.4) is 0 Å². The lowest BCUT2D eigenvalue weighted by molar-refractivity contribution is 0.580. The van der Waals surface area contributed by atoms with Crippen molar-refractivity contribution in [1.29, 1.82) is 0 Å². The topological polar surface area (TPSA) is 12.9 Å². The fourth-order valence-electron chi connectivity index (χ4n) is 1.27. The Kier molecular flexibility index (Phi) is 1.46. The highest BCUT2D eigenvalue weighted by Gasteiger charge is 2.05. The molecule has 11 heavy (non-hydrogen) atoms. The molecule has 1 heterocycles. The summed E-state index contributed by atoms with van der Waals surface area (Å²) in [6, 6.07) is 3.22. The summed E-state index contributed by atoms with van der Waals surface area (Å²) in [5.41, 5.74) is 1.94. The fourth-order valence-corrected chi connectivity index (χ4v) is 1.27. The molecule has 0 atom stereocenters. The first-order chi connectivity index (χ1) is 5.36. The SMILES string of the molecule is Fc1ccc2c(n1)C=CCC2. The van der Waals surface area contributed by atoms with Gasteiger partial charge in [0.2, 0.25) is 5.95 Å². The summed E-state index contributed by atoms with van der Waals surface area (Å²) in [6.07, 6.45) is 5.93. The van der Waals surface area contributed by atoms with Gasteiger partial charge in [-0.1, -0.05) is 12.1 Å². The number of hydrogen-bond donors (Lipinski definition) is 0. The largest absolute Gasteiger partial charge is 0.220 e. The Balaban J connectivity index is 2.54. The highest BCUT2D eigenvalue weighted by molar-refractivity contribution is 5.51. The number of allylic oxidation sites excluding steroid dienone is 1. The predicted molar refractivity (Wildman–Crippen MR) is 41.6 cm³/mol. The third-order valence-corrected chi connectivity index (χ3v) is 1.83. The van der Waals surface area contributed by atoms with E-state index >= 15 is 0 Å². The Morgan fingerprint density at radius 2 is 2.27 bits per heavy atom. The zero-order valence-electron chi connectivity index (χ0n) is 6.05. The molecule has 1 aromatic heterocycles. The van der Waals surface area contributed by atoms with E-state index in [0.717, 1.165) is 24.1 Å². The van der Waals surface area contributed by atoms with E-state index in [0.29, 0.717) is 0 Å². The van der Waals surface area contributed by atoms with Gasteiger partial charge >= 0.3 is 0 Å². The number of fused-ring (bicyclic) bond motifs is 1. The molecule has 0 saturated heterocycles. The number of rotatable bonds is 0. The van der Waals surface area contributed by atoms with Gasteiger partial charge in [0.15, 0.2) is 0 Å². The maximum absolute atomic E-state index is 12.5. The van der Waals surface area contributed by atoms with Crippen LogP contribution in [0.2, 0.25) is 0 Å². The van der Waals surface area contributed by atoms with Gasteiger partial charge in [0.1, 0.15) is 0 Å². The van der Waals surface area contributed by atoms with Crippen LogP contribution in [-0.2, 0) is 6.42 Å². The monoisotopic (exact) mass is 149 g/mol. The van der Waals surface area contributed by atoms with Crippen LogP contribution in [0.5, 0.6) is 0 Å². The van der Waals surface area contributed by atoms with E-state index in [9.17, 15) is 4.39 Å². The van der Waals surface area contributed by atoms with E-state index in [1.165, 1.54) is 6.07 Å². The molecule has 0 aliphatic heterocycles. The minimum Gasteiger partial charge on any atom is -0.220 e. The summed E-state index contributed by atoms with van der Waals surface area (Å²) in [5, 5.41) is 0. The Hall–Kier alpha value is -1.18. The zero-order valence-corrected chi connectivity index (χ0v) is 6.05. The Morgan fingerprint density at radius 3 is 3.18 bits per heavy atom. The molecule has 0 radical (unpaired) electrons. The van der Waals surface area contributed by atoms with Crippen molar-refractivity contribution in [3.63, 3.8) is 0 Å². The lowest BCUT2D eigenvalue weighted by Gasteiger charge is -2.07. The van der Waals surface area contributed by atoms with Gasteiger partial charge < -0.3 is 0 Å². The van der Waals surface area contributed by atoms with Gasteiger partial charge in [0.25, 0.3) is 0 Å². The maximum atomic E-state index is 12.5. The smallest absolute Gasteiger partial charge is 0.213 e. The van der Waals surface area contributed by atoms with Crippen molar-refractivity contribution in [2.24, 2.45) is 0 Å². The van der Waals surface area contributed by atoms with Gasteiger partial charge in [0.05, 0.1) is 5.69 Å². The van der Waals surface area contributed by atoms with E-state index in [1.807, 2.05) is 12.2 Å². The molecule has 0 spiro atoms. The summed E-state index contributed by atoms with van der Waals surface area (Å²) in [7, 11) is 0. The predicted octanol–water partition coefficient (Wildman–Crippen LogP) is 2.18. The van der Waals surface area contributed by atoms with Crippen LogP contribution in [0.25, 0.3) is 6.08 Å². The summed E-state index contributed by atoms with van der Waals surface area (Å²) >= 11 is 0. The molecule has 56 valence electrons. The molecule has 0 unspecified atom stereocenters. The van der Waals surface area contributed by atoms with Crippen molar-refractivity contribution in [2.75, 3.05) is 0 Å². The molecule has 0 saturated carbocycles. The number of halogens is 1. The molecule has 2 rings (SSSR count). The highest BCUT2D eigenvalue weighted by Crippen LogP contribution is 2.16. The summed E-state index contributed by atoms with van der Waals surface area (Å²) < 4.78 is 12.5. The lowest BCUT2D eigenvalue weighted by Crippen LogP contribution is -1.98. The molecule has 0 N–H and O–H groups in total. The van der Waals surface area contributed by atoms with Crippen LogP contribution >= 0.6 is 0 Å². The molecule has 1 aliphatic rings. The van der Waals surface area contributed by atoms with Crippen LogP contribution in [-0.4, -0.2) is 4.98 Å². The minimum atomic E-state index is -0.393. The molecular formula is C9H8FN. The molecular weight excluding hydrogens is 141 g/mol. The van der Waals surface area contributed by atoms with Crippen molar-refractivity contribution >= 4 is 6.08 Å². The average molecular weight is 149 g/mol. The Morgan fingerprint density at radius 1 is 1.36 bits per heavy atom. The second-order valence-corrected chi connectivity index (χ2v) is 2.62. The molecule has 2 heteroatoms. The van der Waals surface area contributed by atoms with Crippen LogP contribution < -0.4 is 0 Å². The molecule has 0 amide bonds. The summed E-state index contributed by atoms with van der Waals surface area (Å²) in [6.45, 7) is 0. The minimum absolute atomic E-state index is 0.393. The standard InChI is InChI=1S/C9H8FN/c10-9-6-5-7-3-1-2-4-8(7)11-9/h2,4-6H,1,3H2. The molecule has 1 aliphatic carbocycles. The highest BCUT2D eigenvalue weighted by atomic mass is 19.1. The quantitative estimate of drug-likeness (QED) is 0.515. The Bertz CT molecular complexity index is 304. The van der Waals surface area contributed by atoms with Crippen molar-refractivity contribution in [1.82, 2.24) is 4.98 Å². The number of hydrogen-bond acceptors (Lipinski definition) is 1. The van der Waals surface area contributed by atoms with E-state index in [-0.39, 0.29) is 0 Å². The third kappa shape index (κ3) is 1.16. The number of pyridine rings is 1. The zero-order chi connectivity index (χ0) is 7.68. The first-order valence-electron chi connectivity index (χ1n) is 3.68. The normalized spacial score (nSPS) is 14.6. The van der Waals surface area contributed by atoms with E-state index in [2.05, 4.69) is 4.98 Å². The number of aromatic nitrogens is 1. The van der Waals surface area contributed by atoms with Gasteiger partial charge in [0, 0.05) is 0 Å². The average Bonchev–Trinajstić information content (AvgIpc) is 2.04. The van der Waals surface area contributed by atoms with Crippen molar-refractivity contribution < 1.29 is 4.39 Å². The first kappa shape index (κ1) is 6.53. The van der Waals surface area contributed by atoms with Gasteiger partial charge in [-0.15, -0.1) is 0 Å². The lowest BCUT2D eigenvalue weighted by atomic mass is 10.0. The maximum Gasteiger partial charge on any atom is 0.213 e. The van der Waals surface area contributed by atoms with Crippen LogP contribution in [0, 0.1) is 5.95 Å². The van der Waals surface area contributed by atoms with Gasteiger partial charge in [-0.2, -0.15) is 4.39 Å². The van der Waals surface area contributed by atoms with Gasteiger partial charge in [-0.05, 0) is 30.5 Å². The van der Waals surface area contributed by atoms with Crippen LogP contribution in [0.4, 0.5) is 4.39 Å². The van der Waals surface area contributed by atoms with Crippen molar-refractivity contribution in [3.8, 4) is 0 Å². The third-order valence-electron chi connectivity index (χ3n) is 1.83. The van der Waals surface area contributed by atoms with Crippen molar-refractivity contribution in [2.45, 2.75) is 12.8 Å². The molecule has 1 nitrogen and oxygen atoms in total. The van der Waals surface area contributed by atoms with E-state index in [1.54, 1.807) is 6.07 Å². The second kappa shape index (κ2) is 2.46. The Labute approximate surface area is 64.6 Å². The molecule has 0 bridgehead atoms. The second-order valence-electron chi connectivity index (χ2n) is 2.62. The number of nitrogens with zero attached hydrogens (tertiary/aromatic N) is 1.